The molecule has 1 heterocycles. The quantitative estimate of drug-likeness (QED) is 0.834. The van der Waals surface area contributed by atoms with Crippen LogP contribution in [0.2, 0.25) is 0 Å². The van der Waals surface area contributed by atoms with E-state index in [0.717, 1.165) is 24.5 Å². The number of nitrogens with one attached hydrogen (secondary N) is 1. The lowest BCUT2D eigenvalue weighted by Gasteiger charge is -2.11. The largest absolute Gasteiger partial charge is 0.466 e. The molecule has 1 amide bonds. The van der Waals surface area contributed by atoms with Gasteiger partial charge in [0.2, 0.25) is 0 Å². The van der Waals surface area contributed by atoms with Crippen molar-refractivity contribution in [3.05, 3.63) is 23.2 Å². The van der Waals surface area contributed by atoms with E-state index in [0.29, 0.717) is 17.4 Å². The Morgan fingerprint density at radius 1 is 1.44 bits per heavy atom. The van der Waals surface area contributed by atoms with Crippen molar-refractivity contribution in [3.8, 4) is 0 Å². The van der Waals surface area contributed by atoms with Crippen molar-refractivity contribution < 1.29 is 9.21 Å². The third kappa shape index (κ3) is 2.29. The van der Waals surface area contributed by atoms with Crippen LogP contribution in [-0.2, 0) is 0 Å². The average Bonchev–Trinajstić information content (AvgIpc) is 2.73. The Labute approximate surface area is 96.2 Å². The molecular formula is C13H19NO2. The normalized spacial score (nSPS) is 24.7. The van der Waals surface area contributed by atoms with Crippen molar-refractivity contribution in [2.24, 2.45) is 5.92 Å². The molecule has 0 bridgehead atoms. The lowest BCUT2D eigenvalue weighted by Crippen LogP contribution is -2.32. The molecule has 1 aromatic heterocycles. The van der Waals surface area contributed by atoms with E-state index in [2.05, 4.69) is 12.2 Å². The van der Waals surface area contributed by atoms with Crippen LogP contribution in [0.1, 0.15) is 48.1 Å². The molecule has 3 nitrogen and oxygen atoms in total. The zero-order chi connectivity index (χ0) is 11.7. The number of rotatable bonds is 2. The van der Waals surface area contributed by atoms with Crippen molar-refractivity contribution >= 4 is 5.91 Å². The van der Waals surface area contributed by atoms with Gasteiger partial charge in [0.1, 0.15) is 11.5 Å². The summed E-state index contributed by atoms with van der Waals surface area (Å²) in [6.07, 6.45) is 3.42. The molecule has 1 aliphatic rings. The first-order valence-electron chi connectivity index (χ1n) is 5.94. The summed E-state index contributed by atoms with van der Waals surface area (Å²) in [4.78, 5) is 12.0. The summed E-state index contributed by atoms with van der Waals surface area (Å²) >= 11 is 0. The second-order valence-corrected chi connectivity index (χ2v) is 4.92. The van der Waals surface area contributed by atoms with Crippen LogP contribution in [0.4, 0.5) is 0 Å². The molecule has 2 rings (SSSR count). The average molecular weight is 221 g/mol. The Bertz CT molecular complexity index is 395. The zero-order valence-corrected chi connectivity index (χ0v) is 10.2. The maximum absolute atomic E-state index is 12.0. The summed E-state index contributed by atoms with van der Waals surface area (Å²) < 4.78 is 5.36. The fourth-order valence-corrected chi connectivity index (χ4v) is 2.46. The summed E-state index contributed by atoms with van der Waals surface area (Å²) in [5, 5.41) is 3.08. The molecule has 1 fully saturated rings. The van der Waals surface area contributed by atoms with Crippen molar-refractivity contribution in [1.82, 2.24) is 5.32 Å². The minimum Gasteiger partial charge on any atom is -0.466 e. The van der Waals surface area contributed by atoms with Crippen LogP contribution in [-0.4, -0.2) is 11.9 Å². The van der Waals surface area contributed by atoms with Gasteiger partial charge in [0.05, 0.1) is 5.56 Å². The van der Waals surface area contributed by atoms with Gasteiger partial charge in [0.15, 0.2) is 0 Å². The predicted octanol–water partition coefficient (Wildman–Crippen LogP) is 2.81. The van der Waals surface area contributed by atoms with E-state index >= 15 is 0 Å². The lowest BCUT2D eigenvalue weighted by molar-refractivity contribution is 0.0936. The Kier molecular flexibility index (Phi) is 3.03. The van der Waals surface area contributed by atoms with Crippen molar-refractivity contribution in [2.75, 3.05) is 0 Å². The van der Waals surface area contributed by atoms with Gasteiger partial charge in [0.25, 0.3) is 5.91 Å². The van der Waals surface area contributed by atoms with Gasteiger partial charge in [-0.2, -0.15) is 0 Å². The van der Waals surface area contributed by atoms with Crippen molar-refractivity contribution in [1.29, 1.82) is 0 Å². The Morgan fingerprint density at radius 3 is 2.69 bits per heavy atom. The van der Waals surface area contributed by atoms with Gasteiger partial charge in [-0.1, -0.05) is 6.92 Å². The van der Waals surface area contributed by atoms with Gasteiger partial charge in [0, 0.05) is 6.04 Å². The van der Waals surface area contributed by atoms with Gasteiger partial charge in [-0.3, -0.25) is 4.79 Å². The third-order valence-corrected chi connectivity index (χ3v) is 3.32. The van der Waals surface area contributed by atoms with E-state index in [4.69, 9.17) is 4.42 Å². The number of hydrogen-bond acceptors (Lipinski definition) is 2. The summed E-state index contributed by atoms with van der Waals surface area (Å²) in [5.41, 5.74) is 0.678. The van der Waals surface area contributed by atoms with E-state index in [9.17, 15) is 4.79 Å². The summed E-state index contributed by atoms with van der Waals surface area (Å²) in [7, 11) is 0. The molecule has 0 aromatic carbocycles. The number of furan rings is 1. The van der Waals surface area contributed by atoms with Gasteiger partial charge in [-0.15, -0.1) is 0 Å². The molecule has 1 N–H and O–H groups in total. The Morgan fingerprint density at radius 2 is 2.19 bits per heavy atom. The van der Waals surface area contributed by atoms with E-state index < -0.39 is 0 Å². The minimum atomic E-state index is 0.00782. The molecule has 1 aromatic rings. The van der Waals surface area contributed by atoms with Crippen molar-refractivity contribution in [3.63, 3.8) is 0 Å². The third-order valence-electron chi connectivity index (χ3n) is 3.32. The zero-order valence-electron chi connectivity index (χ0n) is 10.2. The Balaban J connectivity index is 2.00. The van der Waals surface area contributed by atoms with Crippen LogP contribution < -0.4 is 5.32 Å². The molecule has 2 atom stereocenters. The van der Waals surface area contributed by atoms with Crippen LogP contribution in [0.5, 0.6) is 0 Å². The van der Waals surface area contributed by atoms with E-state index in [-0.39, 0.29) is 5.91 Å². The van der Waals surface area contributed by atoms with E-state index in [1.165, 1.54) is 6.42 Å². The van der Waals surface area contributed by atoms with Crippen LogP contribution in [0, 0.1) is 19.8 Å². The van der Waals surface area contributed by atoms with Gasteiger partial charge in [-0.05, 0) is 45.1 Å². The molecule has 0 saturated heterocycles. The molecule has 1 aliphatic carbocycles. The van der Waals surface area contributed by atoms with E-state index in [1.807, 2.05) is 19.9 Å². The van der Waals surface area contributed by atoms with Gasteiger partial charge < -0.3 is 9.73 Å². The number of carbonyl (C=O) groups excluding carboxylic acids is 1. The van der Waals surface area contributed by atoms with E-state index in [1.54, 1.807) is 0 Å². The monoisotopic (exact) mass is 221 g/mol. The summed E-state index contributed by atoms with van der Waals surface area (Å²) in [5.74, 6) is 2.24. The lowest BCUT2D eigenvalue weighted by atomic mass is 10.1. The molecule has 0 aliphatic heterocycles. The number of amides is 1. The molecule has 2 unspecified atom stereocenters. The van der Waals surface area contributed by atoms with Gasteiger partial charge in [-0.25, -0.2) is 0 Å². The number of carbonyl (C=O) groups is 1. The molecular weight excluding hydrogens is 202 g/mol. The summed E-state index contributed by atoms with van der Waals surface area (Å²) in [6, 6.07) is 2.15. The fourth-order valence-electron chi connectivity index (χ4n) is 2.46. The number of aryl methyl sites for hydroxylation is 2. The molecule has 0 spiro atoms. The first kappa shape index (κ1) is 11.2. The molecule has 1 saturated carbocycles. The maximum atomic E-state index is 12.0. The van der Waals surface area contributed by atoms with Crippen LogP contribution in [0.3, 0.4) is 0 Å². The molecule has 16 heavy (non-hydrogen) atoms. The highest BCUT2D eigenvalue weighted by Crippen LogP contribution is 2.25. The molecule has 0 radical (unpaired) electrons. The first-order chi connectivity index (χ1) is 7.56. The second-order valence-electron chi connectivity index (χ2n) is 4.92. The molecule has 88 valence electrons. The maximum Gasteiger partial charge on any atom is 0.255 e. The fraction of sp³-hybridized carbons (Fsp3) is 0.615. The minimum absolute atomic E-state index is 0.00782. The van der Waals surface area contributed by atoms with Crippen molar-refractivity contribution in [2.45, 2.75) is 46.1 Å². The predicted molar refractivity (Wildman–Crippen MR) is 62.5 cm³/mol. The smallest absolute Gasteiger partial charge is 0.255 e. The second kappa shape index (κ2) is 4.32. The standard InChI is InChI=1S/C13H19NO2/c1-8-4-5-11(6-8)14-13(15)12-7-9(2)16-10(12)3/h7-8,11H,4-6H2,1-3H3,(H,14,15). The first-order valence-corrected chi connectivity index (χ1v) is 5.94. The van der Waals surface area contributed by atoms with Crippen LogP contribution in [0.25, 0.3) is 0 Å². The highest BCUT2D eigenvalue weighted by atomic mass is 16.3. The Hall–Kier alpha value is -1.25. The molecule has 3 heteroatoms. The summed E-state index contributed by atoms with van der Waals surface area (Å²) in [6.45, 7) is 5.93. The van der Waals surface area contributed by atoms with Crippen LogP contribution in [0.15, 0.2) is 10.5 Å². The van der Waals surface area contributed by atoms with Crippen LogP contribution >= 0.6 is 0 Å². The van der Waals surface area contributed by atoms with Gasteiger partial charge >= 0.3 is 0 Å². The highest BCUT2D eigenvalue weighted by molar-refractivity contribution is 5.95. The topological polar surface area (TPSA) is 42.2 Å². The number of hydrogen-bond donors (Lipinski definition) is 1. The highest BCUT2D eigenvalue weighted by Gasteiger charge is 2.24. The SMILES string of the molecule is Cc1cc(C(=O)NC2CCC(C)C2)c(C)o1.